The van der Waals surface area contributed by atoms with Crippen LogP contribution < -0.4 is 22.1 Å². The third-order valence-corrected chi connectivity index (χ3v) is 6.64. The predicted molar refractivity (Wildman–Crippen MR) is 125 cm³/mol. The number of hydrogen-bond acceptors (Lipinski definition) is 6. The van der Waals surface area contributed by atoms with E-state index in [1.807, 2.05) is 24.3 Å². The Morgan fingerprint density at radius 2 is 1.91 bits per heavy atom. The Labute approximate surface area is 191 Å². The molecule has 0 bridgehead atoms. The number of nitrogens with two attached hydrogens (primary N) is 2. The van der Waals surface area contributed by atoms with Crippen molar-refractivity contribution in [3.05, 3.63) is 29.3 Å². The van der Waals surface area contributed by atoms with Gasteiger partial charge in [0.25, 0.3) is 0 Å². The SMILES string of the molecule is CC(=O)NC1CCC(C(=O)NC(CCCN=C(N)N)C(=O)c2nc3ccccc3s2)CC1. The minimum Gasteiger partial charge on any atom is -0.370 e. The number of para-hydroxylation sites is 1. The molecule has 1 atom stereocenters. The van der Waals surface area contributed by atoms with Crippen molar-refractivity contribution in [2.45, 2.75) is 57.5 Å². The van der Waals surface area contributed by atoms with Crippen LogP contribution >= 0.6 is 11.3 Å². The number of ketones is 1. The number of guanidine groups is 1. The van der Waals surface area contributed by atoms with Crippen LogP contribution in [0.5, 0.6) is 0 Å². The molecule has 1 unspecified atom stereocenters. The molecular weight excluding hydrogens is 428 g/mol. The molecule has 32 heavy (non-hydrogen) atoms. The average molecular weight is 459 g/mol. The maximum absolute atomic E-state index is 13.2. The highest BCUT2D eigenvalue weighted by Crippen LogP contribution is 2.26. The summed E-state index contributed by atoms with van der Waals surface area (Å²) in [6.45, 7) is 1.88. The summed E-state index contributed by atoms with van der Waals surface area (Å²) in [5.74, 6) is -0.564. The molecule has 2 aromatic rings. The zero-order chi connectivity index (χ0) is 23.1. The molecule has 2 amide bonds. The fraction of sp³-hybridized carbons (Fsp3) is 0.500. The highest BCUT2D eigenvalue weighted by molar-refractivity contribution is 7.20. The zero-order valence-electron chi connectivity index (χ0n) is 18.2. The predicted octanol–water partition coefficient (Wildman–Crippen LogP) is 1.71. The van der Waals surface area contributed by atoms with Crippen LogP contribution in [0.15, 0.2) is 29.3 Å². The molecule has 1 aliphatic carbocycles. The van der Waals surface area contributed by atoms with Crippen LogP contribution in [-0.2, 0) is 9.59 Å². The first-order valence-electron chi connectivity index (χ1n) is 10.9. The van der Waals surface area contributed by atoms with Crippen molar-refractivity contribution in [2.75, 3.05) is 6.54 Å². The van der Waals surface area contributed by atoms with Gasteiger partial charge in [0.05, 0.1) is 16.3 Å². The molecule has 0 aliphatic heterocycles. The van der Waals surface area contributed by atoms with Crippen molar-refractivity contribution in [3.8, 4) is 0 Å². The molecule has 0 spiro atoms. The fourth-order valence-corrected chi connectivity index (χ4v) is 4.94. The number of carbonyl (C=O) groups excluding carboxylic acids is 3. The van der Waals surface area contributed by atoms with Gasteiger partial charge < -0.3 is 22.1 Å². The van der Waals surface area contributed by atoms with Gasteiger partial charge in [-0.15, -0.1) is 11.3 Å². The third-order valence-electron chi connectivity index (χ3n) is 5.59. The van der Waals surface area contributed by atoms with E-state index in [0.29, 0.717) is 37.2 Å². The van der Waals surface area contributed by atoms with E-state index in [1.54, 1.807) is 0 Å². The second kappa shape index (κ2) is 11.0. The first-order valence-corrected chi connectivity index (χ1v) is 11.7. The Hall–Kier alpha value is -3.01. The Balaban J connectivity index is 1.66. The van der Waals surface area contributed by atoms with Crippen molar-refractivity contribution in [2.24, 2.45) is 22.4 Å². The Bertz CT molecular complexity index is 959. The average Bonchev–Trinajstić information content (AvgIpc) is 3.19. The van der Waals surface area contributed by atoms with Gasteiger partial charge in [0.2, 0.25) is 17.6 Å². The van der Waals surface area contributed by atoms with E-state index in [0.717, 1.165) is 23.1 Å². The number of carbonyl (C=O) groups is 3. The summed E-state index contributed by atoms with van der Waals surface area (Å²) < 4.78 is 0.928. The summed E-state index contributed by atoms with van der Waals surface area (Å²) in [6.07, 6.45) is 3.81. The minimum absolute atomic E-state index is 0.000912. The molecule has 0 radical (unpaired) electrons. The molecule has 9 nitrogen and oxygen atoms in total. The first kappa shape index (κ1) is 23.6. The van der Waals surface area contributed by atoms with Gasteiger partial charge in [0, 0.05) is 25.4 Å². The van der Waals surface area contributed by atoms with Crippen LogP contribution in [0.2, 0.25) is 0 Å². The van der Waals surface area contributed by atoms with Gasteiger partial charge in [-0.3, -0.25) is 19.4 Å². The lowest BCUT2D eigenvalue weighted by atomic mass is 9.85. The fourth-order valence-electron chi connectivity index (χ4n) is 3.98. The standard InChI is InChI=1S/C22H30N6O3S/c1-13(29)26-15-10-8-14(9-11-15)20(31)27-17(6-4-12-25-22(23)24)19(30)21-28-16-5-2-3-7-18(16)32-21/h2-3,5,7,14-15,17H,4,6,8-12H2,1H3,(H,26,29)(H,27,31)(H4,23,24,25). The quantitative estimate of drug-likeness (QED) is 0.194. The van der Waals surface area contributed by atoms with Crippen LogP contribution in [0, 0.1) is 5.92 Å². The summed E-state index contributed by atoms with van der Waals surface area (Å²) in [4.78, 5) is 45.9. The van der Waals surface area contributed by atoms with Crippen molar-refractivity contribution >= 4 is 45.1 Å². The van der Waals surface area contributed by atoms with Gasteiger partial charge in [0.15, 0.2) is 11.0 Å². The zero-order valence-corrected chi connectivity index (χ0v) is 19.0. The number of nitrogens with one attached hydrogen (secondary N) is 2. The van der Waals surface area contributed by atoms with E-state index >= 15 is 0 Å². The van der Waals surface area contributed by atoms with Crippen molar-refractivity contribution in [3.63, 3.8) is 0 Å². The van der Waals surface area contributed by atoms with E-state index in [4.69, 9.17) is 11.5 Å². The Morgan fingerprint density at radius 3 is 2.56 bits per heavy atom. The molecule has 1 aromatic heterocycles. The lowest BCUT2D eigenvalue weighted by Gasteiger charge is -2.29. The van der Waals surface area contributed by atoms with Crippen molar-refractivity contribution in [1.82, 2.24) is 15.6 Å². The monoisotopic (exact) mass is 458 g/mol. The topological polar surface area (TPSA) is 153 Å². The number of nitrogens with zero attached hydrogens (tertiary/aromatic N) is 2. The van der Waals surface area contributed by atoms with Crippen LogP contribution in [0.4, 0.5) is 0 Å². The summed E-state index contributed by atoms with van der Waals surface area (Å²) in [7, 11) is 0. The van der Waals surface area contributed by atoms with E-state index in [2.05, 4.69) is 20.6 Å². The lowest BCUT2D eigenvalue weighted by Crippen LogP contribution is -2.46. The number of aromatic nitrogens is 1. The Kier molecular flexibility index (Phi) is 8.15. The molecule has 1 heterocycles. The summed E-state index contributed by atoms with van der Waals surface area (Å²) >= 11 is 1.33. The van der Waals surface area contributed by atoms with Gasteiger partial charge in [-0.2, -0.15) is 0 Å². The van der Waals surface area contributed by atoms with E-state index in [-0.39, 0.29) is 35.5 Å². The molecule has 172 valence electrons. The third kappa shape index (κ3) is 6.49. The molecule has 1 aliphatic rings. The largest absolute Gasteiger partial charge is 0.370 e. The summed E-state index contributed by atoms with van der Waals surface area (Å²) in [5.41, 5.74) is 11.5. The molecular formula is C22H30N6O3S. The number of amides is 2. The molecule has 10 heteroatoms. The highest BCUT2D eigenvalue weighted by Gasteiger charge is 2.30. The van der Waals surface area contributed by atoms with Crippen LogP contribution in [0.3, 0.4) is 0 Å². The maximum Gasteiger partial charge on any atom is 0.223 e. The van der Waals surface area contributed by atoms with Gasteiger partial charge in [-0.1, -0.05) is 12.1 Å². The normalized spacial score (nSPS) is 19.2. The van der Waals surface area contributed by atoms with E-state index in [1.165, 1.54) is 18.3 Å². The summed E-state index contributed by atoms with van der Waals surface area (Å²) in [6, 6.07) is 6.98. The molecule has 1 saturated carbocycles. The number of benzene rings is 1. The number of thiazole rings is 1. The first-order chi connectivity index (χ1) is 15.3. The van der Waals surface area contributed by atoms with E-state index in [9.17, 15) is 14.4 Å². The Morgan fingerprint density at radius 1 is 1.19 bits per heavy atom. The lowest BCUT2D eigenvalue weighted by molar-refractivity contribution is -0.126. The van der Waals surface area contributed by atoms with Crippen molar-refractivity contribution < 1.29 is 14.4 Å². The molecule has 1 fully saturated rings. The van der Waals surface area contributed by atoms with Crippen LogP contribution in [-0.4, -0.2) is 47.2 Å². The summed E-state index contributed by atoms with van der Waals surface area (Å²) in [5, 5.41) is 6.25. The van der Waals surface area contributed by atoms with Crippen LogP contribution in [0.25, 0.3) is 10.2 Å². The van der Waals surface area contributed by atoms with E-state index < -0.39 is 6.04 Å². The van der Waals surface area contributed by atoms with Gasteiger partial charge in [0.1, 0.15) is 0 Å². The number of aliphatic imine (C=N–C) groups is 1. The second-order valence-corrected chi connectivity index (χ2v) is 9.14. The van der Waals surface area contributed by atoms with Crippen molar-refractivity contribution in [1.29, 1.82) is 0 Å². The molecule has 6 N–H and O–H groups in total. The molecule has 3 rings (SSSR count). The van der Waals surface area contributed by atoms with Crippen LogP contribution in [0.1, 0.15) is 55.3 Å². The molecule has 0 saturated heterocycles. The minimum atomic E-state index is -0.690. The number of rotatable bonds is 9. The van der Waals surface area contributed by atoms with Gasteiger partial charge in [-0.25, -0.2) is 4.98 Å². The van der Waals surface area contributed by atoms with Gasteiger partial charge in [-0.05, 0) is 50.7 Å². The van der Waals surface area contributed by atoms with Gasteiger partial charge >= 0.3 is 0 Å². The smallest absolute Gasteiger partial charge is 0.223 e. The second-order valence-electron chi connectivity index (χ2n) is 8.11. The number of Topliss-reactive ketones (excluding diaryl/α,β-unsaturated/α-hetero) is 1. The maximum atomic E-state index is 13.2. The number of fused-ring (bicyclic) bond motifs is 1. The number of hydrogen-bond donors (Lipinski definition) is 4. The molecule has 1 aromatic carbocycles. The highest BCUT2D eigenvalue weighted by atomic mass is 32.1.